The predicted molar refractivity (Wildman–Crippen MR) is 143 cm³/mol. The van der Waals surface area contributed by atoms with Crippen LogP contribution in [0.4, 0.5) is 30.4 Å². The highest BCUT2D eigenvalue weighted by Crippen LogP contribution is 2.36. The molecule has 39 heavy (non-hydrogen) atoms. The van der Waals surface area contributed by atoms with Crippen LogP contribution >= 0.6 is 0 Å². The minimum atomic E-state index is -3.05. The first-order chi connectivity index (χ1) is 18.4. The van der Waals surface area contributed by atoms with Crippen LogP contribution in [0.25, 0.3) is 11.1 Å². The highest BCUT2D eigenvalue weighted by atomic mass is 19.3. The number of aromatic nitrogens is 2. The fourth-order valence-corrected chi connectivity index (χ4v) is 4.42. The van der Waals surface area contributed by atoms with Crippen molar-refractivity contribution in [1.82, 2.24) is 14.5 Å². The fourth-order valence-electron chi connectivity index (χ4n) is 4.42. The third-order valence-corrected chi connectivity index (χ3v) is 6.75. The molecule has 0 bridgehead atoms. The smallest absolute Gasteiger partial charge is 0.264 e. The Balaban J connectivity index is 1.78. The summed E-state index contributed by atoms with van der Waals surface area (Å²) >= 11 is 0. The Labute approximate surface area is 223 Å². The lowest BCUT2D eigenvalue weighted by molar-refractivity contribution is -0.114. The summed E-state index contributed by atoms with van der Waals surface area (Å²) in [5.74, 6) is -1.45. The molecule has 1 aliphatic heterocycles. The Morgan fingerprint density at radius 3 is 2.46 bits per heavy atom. The number of likely N-dealkylation sites (N-methyl/N-ethyl adjacent to an activating group) is 1. The van der Waals surface area contributed by atoms with Gasteiger partial charge in [-0.25, -0.2) is 18.2 Å². The Morgan fingerprint density at radius 1 is 1.10 bits per heavy atom. The molecule has 0 radical (unpaired) electrons. The van der Waals surface area contributed by atoms with Crippen LogP contribution in [0.5, 0.6) is 0 Å². The van der Waals surface area contributed by atoms with Gasteiger partial charge in [0.15, 0.2) is 0 Å². The normalized spacial score (nSPS) is 15.9. The van der Waals surface area contributed by atoms with Crippen LogP contribution in [0.2, 0.25) is 0 Å². The van der Waals surface area contributed by atoms with E-state index in [1.165, 1.54) is 38.4 Å². The molecule has 1 fully saturated rings. The molecule has 1 aromatic carbocycles. The Kier molecular flexibility index (Phi) is 8.05. The van der Waals surface area contributed by atoms with E-state index in [2.05, 4.69) is 20.5 Å². The molecule has 2 amide bonds. The summed E-state index contributed by atoms with van der Waals surface area (Å²) in [5, 5.41) is 5.22. The number of piperazine rings is 1. The number of hydrogen-bond acceptors (Lipinski definition) is 6. The summed E-state index contributed by atoms with van der Waals surface area (Å²) in [5.41, 5.74) is -0.613. The average molecular weight is 543 g/mol. The zero-order valence-electron chi connectivity index (χ0n) is 22.0. The van der Waals surface area contributed by atoms with Gasteiger partial charge in [-0.05, 0) is 38.2 Å². The standard InChI is InChI=1S/C27H29F3N6O3/c1-15-13-36(8-7-34(15)3)23-11-21(28)18(17-5-6-24(31-12-17)32-16(2)37)9-22(23)33-27(39)20-14-35(4)25(38)10-19(20)26(29)30/h5-6,9-12,14-15,26H,7-8,13H2,1-4H3,(H,33,39)(H,31,32,37). The summed E-state index contributed by atoms with van der Waals surface area (Å²) in [6.45, 7) is 5.16. The van der Waals surface area contributed by atoms with E-state index in [1.807, 2.05) is 18.9 Å². The van der Waals surface area contributed by atoms with Crippen molar-refractivity contribution in [3.63, 3.8) is 0 Å². The molecule has 0 spiro atoms. The Morgan fingerprint density at radius 2 is 1.85 bits per heavy atom. The molecular formula is C27H29F3N6O3. The summed E-state index contributed by atoms with van der Waals surface area (Å²) in [7, 11) is 3.34. The highest BCUT2D eigenvalue weighted by Gasteiger charge is 2.26. The topological polar surface area (TPSA) is 99.6 Å². The molecule has 12 heteroatoms. The van der Waals surface area contributed by atoms with Crippen molar-refractivity contribution in [2.24, 2.45) is 7.05 Å². The van der Waals surface area contributed by atoms with Gasteiger partial charge in [-0.2, -0.15) is 0 Å². The van der Waals surface area contributed by atoms with Crippen molar-refractivity contribution < 1.29 is 22.8 Å². The summed E-state index contributed by atoms with van der Waals surface area (Å²) < 4.78 is 44.0. The van der Waals surface area contributed by atoms with Crippen molar-refractivity contribution in [2.45, 2.75) is 26.3 Å². The summed E-state index contributed by atoms with van der Waals surface area (Å²) in [6, 6.07) is 6.71. The van der Waals surface area contributed by atoms with Crippen LogP contribution in [0.1, 0.15) is 36.2 Å². The fraction of sp³-hybridized carbons (Fsp3) is 0.333. The van der Waals surface area contributed by atoms with E-state index in [1.54, 1.807) is 6.07 Å². The van der Waals surface area contributed by atoms with E-state index in [-0.39, 0.29) is 34.6 Å². The van der Waals surface area contributed by atoms with Crippen molar-refractivity contribution in [2.75, 3.05) is 42.2 Å². The van der Waals surface area contributed by atoms with Crippen molar-refractivity contribution >= 4 is 29.0 Å². The molecule has 3 aromatic rings. The van der Waals surface area contributed by atoms with Crippen molar-refractivity contribution in [3.8, 4) is 11.1 Å². The number of rotatable bonds is 6. The van der Waals surface area contributed by atoms with Gasteiger partial charge in [0.1, 0.15) is 11.6 Å². The van der Waals surface area contributed by atoms with Crippen LogP contribution in [0.15, 0.2) is 47.5 Å². The third kappa shape index (κ3) is 6.11. The van der Waals surface area contributed by atoms with E-state index in [9.17, 15) is 23.2 Å². The molecule has 2 aromatic heterocycles. The van der Waals surface area contributed by atoms with Crippen LogP contribution in [-0.4, -0.2) is 59.0 Å². The van der Waals surface area contributed by atoms with Gasteiger partial charge in [0.05, 0.1) is 16.9 Å². The first-order valence-electron chi connectivity index (χ1n) is 12.3. The second-order valence-corrected chi connectivity index (χ2v) is 9.58. The molecule has 2 N–H and O–H groups in total. The lowest BCUT2D eigenvalue weighted by Crippen LogP contribution is -2.50. The van der Waals surface area contributed by atoms with Gasteiger partial charge in [-0.1, -0.05) is 0 Å². The molecule has 1 unspecified atom stereocenters. The van der Waals surface area contributed by atoms with Crippen molar-refractivity contribution in [3.05, 3.63) is 70.0 Å². The molecular weight excluding hydrogens is 513 g/mol. The first-order valence-corrected chi connectivity index (χ1v) is 12.3. The first kappa shape index (κ1) is 27.8. The van der Waals surface area contributed by atoms with E-state index >= 15 is 4.39 Å². The number of aryl methyl sites for hydroxylation is 1. The minimum Gasteiger partial charge on any atom is -0.367 e. The number of halogens is 3. The number of hydrogen-bond donors (Lipinski definition) is 2. The molecule has 0 aliphatic carbocycles. The van der Waals surface area contributed by atoms with Gasteiger partial charge in [0.2, 0.25) is 5.91 Å². The number of amides is 2. The number of alkyl halides is 2. The van der Waals surface area contributed by atoms with Crippen LogP contribution < -0.4 is 21.1 Å². The molecule has 1 aliphatic rings. The maximum Gasteiger partial charge on any atom is 0.264 e. The van der Waals surface area contributed by atoms with Crippen LogP contribution in [-0.2, 0) is 11.8 Å². The summed E-state index contributed by atoms with van der Waals surface area (Å²) in [6.07, 6.45) is -0.602. The Hall–Kier alpha value is -4.19. The lowest BCUT2D eigenvalue weighted by Gasteiger charge is -2.39. The van der Waals surface area contributed by atoms with E-state index in [4.69, 9.17) is 0 Å². The van der Waals surface area contributed by atoms with Gasteiger partial charge in [0, 0.05) is 74.8 Å². The zero-order valence-corrected chi connectivity index (χ0v) is 22.0. The van der Waals surface area contributed by atoms with E-state index in [0.717, 1.165) is 16.8 Å². The van der Waals surface area contributed by atoms with Crippen LogP contribution in [0, 0.1) is 5.82 Å². The van der Waals surface area contributed by atoms with E-state index in [0.29, 0.717) is 30.9 Å². The number of benzene rings is 1. The SMILES string of the molecule is CC(=O)Nc1ccc(-c2cc(NC(=O)c3cn(C)c(=O)cc3C(F)F)c(N3CCN(C)C(C)C3)cc2F)cn1. The second-order valence-electron chi connectivity index (χ2n) is 9.58. The number of nitrogens with one attached hydrogen (secondary N) is 2. The molecule has 4 rings (SSSR count). The lowest BCUT2D eigenvalue weighted by atomic mass is 10.0. The third-order valence-electron chi connectivity index (χ3n) is 6.75. The molecule has 0 saturated carbocycles. The number of carbonyl (C=O) groups excluding carboxylic acids is 2. The van der Waals surface area contributed by atoms with Gasteiger partial charge < -0.3 is 25.0 Å². The van der Waals surface area contributed by atoms with Crippen molar-refractivity contribution in [1.29, 1.82) is 0 Å². The number of carbonyl (C=O) groups is 2. The minimum absolute atomic E-state index is 0.118. The number of pyridine rings is 2. The second kappa shape index (κ2) is 11.3. The van der Waals surface area contributed by atoms with Crippen LogP contribution in [0.3, 0.4) is 0 Å². The average Bonchev–Trinajstić information content (AvgIpc) is 2.88. The molecule has 1 saturated heterocycles. The monoisotopic (exact) mass is 542 g/mol. The molecule has 9 nitrogen and oxygen atoms in total. The maximum atomic E-state index is 15.5. The summed E-state index contributed by atoms with van der Waals surface area (Å²) in [4.78, 5) is 44.8. The molecule has 3 heterocycles. The Bertz CT molecular complexity index is 1460. The highest BCUT2D eigenvalue weighted by molar-refractivity contribution is 6.07. The van der Waals surface area contributed by atoms with Gasteiger partial charge in [-0.15, -0.1) is 0 Å². The van der Waals surface area contributed by atoms with Gasteiger partial charge >= 0.3 is 0 Å². The number of anilines is 3. The maximum absolute atomic E-state index is 15.5. The van der Waals surface area contributed by atoms with Gasteiger partial charge in [-0.3, -0.25) is 14.4 Å². The quantitative estimate of drug-likeness (QED) is 0.491. The molecule has 206 valence electrons. The zero-order chi connectivity index (χ0) is 28.4. The molecule has 1 atom stereocenters. The van der Waals surface area contributed by atoms with Gasteiger partial charge in [0.25, 0.3) is 17.9 Å². The largest absolute Gasteiger partial charge is 0.367 e. The number of nitrogens with zero attached hydrogens (tertiary/aromatic N) is 4. The van der Waals surface area contributed by atoms with E-state index < -0.39 is 29.3 Å². The predicted octanol–water partition coefficient (Wildman–Crippen LogP) is 3.88.